The summed E-state index contributed by atoms with van der Waals surface area (Å²) in [7, 11) is 1.76. The average molecular weight is 394 g/mol. The molecule has 0 aliphatic heterocycles. The van der Waals surface area contributed by atoms with Gasteiger partial charge in [-0.2, -0.15) is 0 Å². The number of para-hydroxylation sites is 1. The molecule has 0 saturated carbocycles. The molecular weight excluding hydrogens is 376 g/mol. The monoisotopic (exact) mass is 394 g/mol. The Hall–Kier alpha value is -3.33. The third-order valence-corrected chi connectivity index (χ3v) is 5.64. The van der Waals surface area contributed by atoms with Gasteiger partial charge in [-0.1, -0.05) is 18.2 Å². The highest BCUT2D eigenvalue weighted by atomic mass is 32.1. The second-order valence-corrected chi connectivity index (χ2v) is 7.30. The van der Waals surface area contributed by atoms with Gasteiger partial charge in [0.15, 0.2) is 6.61 Å². The maximum absolute atomic E-state index is 12.6. The van der Waals surface area contributed by atoms with Crippen LogP contribution < -0.4 is 4.74 Å². The van der Waals surface area contributed by atoms with Gasteiger partial charge in [0.1, 0.15) is 17.1 Å². The third kappa shape index (κ3) is 3.70. The number of tetrazole rings is 1. The van der Waals surface area contributed by atoms with Crippen molar-refractivity contribution in [1.29, 1.82) is 0 Å². The Balaban J connectivity index is 1.41. The molecular formula is C19H18N6O2S. The van der Waals surface area contributed by atoms with Crippen molar-refractivity contribution in [2.24, 2.45) is 0 Å². The van der Waals surface area contributed by atoms with Crippen molar-refractivity contribution < 1.29 is 9.53 Å². The first-order valence-electron chi connectivity index (χ1n) is 8.69. The van der Waals surface area contributed by atoms with Gasteiger partial charge in [-0.25, -0.2) is 9.67 Å². The maximum atomic E-state index is 12.6. The number of thiazole rings is 1. The minimum Gasteiger partial charge on any atom is -0.484 e. The molecule has 9 heteroatoms. The summed E-state index contributed by atoms with van der Waals surface area (Å²) in [5, 5.41) is 12.0. The van der Waals surface area contributed by atoms with E-state index in [1.807, 2.05) is 43.3 Å². The van der Waals surface area contributed by atoms with Crippen LogP contribution >= 0.6 is 11.3 Å². The average Bonchev–Trinajstić information content (AvgIpc) is 3.41. The van der Waals surface area contributed by atoms with Crippen LogP contribution in [0.25, 0.3) is 15.9 Å². The summed E-state index contributed by atoms with van der Waals surface area (Å²) in [5.74, 6) is 0.446. The number of hydrogen-bond acceptors (Lipinski definition) is 7. The predicted molar refractivity (Wildman–Crippen MR) is 105 cm³/mol. The summed E-state index contributed by atoms with van der Waals surface area (Å²) >= 11 is 1.60. The van der Waals surface area contributed by atoms with Crippen LogP contribution in [0.5, 0.6) is 5.75 Å². The third-order valence-electron chi connectivity index (χ3n) is 4.44. The van der Waals surface area contributed by atoms with Gasteiger partial charge in [0, 0.05) is 13.1 Å². The molecule has 1 atom stereocenters. The number of benzene rings is 2. The quantitative estimate of drug-likeness (QED) is 0.500. The molecule has 2 heterocycles. The largest absolute Gasteiger partial charge is 0.484 e. The Morgan fingerprint density at radius 1 is 1.25 bits per heavy atom. The molecule has 0 fully saturated rings. The molecule has 0 aliphatic rings. The molecule has 0 radical (unpaired) electrons. The lowest BCUT2D eigenvalue weighted by atomic mass is 10.3. The van der Waals surface area contributed by atoms with Crippen LogP contribution in [0.2, 0.25) is 0 Å². The predicted octanol–water partition coefficient (Wildman–Crippen LogP) is 2.87. The smallest absolute Gasteiger partial charge is 0.260 e. The molecule has 2 aromatic heterocycles. The van der Waals surface area contributed by atoms with Crippen molar-refractivity contribution in [2.45, 2.75) is 13.0 Å². The molecule has 0 saturated heterocycles. The summed E-state index contributed by atoms with van der Waals surface area (Å²) in [5.41, 5.74) is 1.71. The fraction of sp³-hybridized carbons (Fsp3) is 0.211. The fourth-order valence-electron chi connectivity index (χ4n) is 2.69. The Morgan fingerprint density at radius 2 is 2.11 bits per heavy atom. The molecule has 4 rings (SSSR count). The number of likely N-dealkylation sites (N-methyl/N-ethyl adjacent to an activating group) is 1. The molecule has 0 spiro atoms. The van der Waals surface area contributed by atoms with E-state index in [1.54, 1.807) is 35.4 Å². The number of fused-ring (bicyclic) bond motifs is 1. The zero-order valence-electron chi connectivity index (χ0n) is 15.4. The first kappa shape index (κ1) is 18.1. The van der Waals surface area contributed by atoms with Gasteiger partial charge in [-0.05, 0) is 41.6 Å². The Kier molecular flexibility index (Phi) is 4.98. The van der Waals surface area contributed by atoms with Crippen LogP contribution in [-0.4, -0.2) is 49.7 Å². The summed E-state index contributed by atoms with van der Waals surface area (Å²) in [6, 6.07) is 15.1. The second kappa shape index (κ2) is 7.73. The lowest BCUT2D eigenvalue weighted by Gasteiger charge is -2.23. The standard InChI is InChI=1S/C19H18N6O2S/c1-13(19-21-16-8-3-4-9-17(16)28-19)24(2)18(26)11-27-15-7-5-6-14(10-15)25-12-20-22-23-25/h3-10,12-13H,11H2,1-2H3/t13-/m1/s1. The lowest BCUT2D eigenvalue weighted by molar-refractivity contribution is -0.134. The van der Waals surface area contributed by atoms with Crippen molar-refractivity contribution in [3.8, 4) is 11.4 Å². The van der Waals surface area contributed by atoms with E-state index >= 15 is 0 Å². The maximum Gasteiger partial charge on any atom is 0.260 e. The number of amides is 1. The number of ether oxygens (including phenoxy) is 1. The molecule has 142 valence electrons. The number of hydrogen-bond donors (Lipinski definition) is 0. The number of aromatic nitrogens is 5. The number of nitrogens with zero attached hydrogens (tertiary/aromatic N) is 6. The highest BCUT2D eigenvalue weighted by molar-refractivity contribution is 7.18. The van der Waals surface area contributed by atoms with Crippen molar-refractivity contribution in [3.05, 3.63) is 59.9 Å². The number of rotatable bonds is 6. The van der Waals surface area contributed by atoms with Gasteiger partial charge in [0.25, 0.3) is 5.91 Å². The Bertz CT molecular complexity index is 1060. The highest BCUT2D eigenvalue weighted by Gasteiger charge is 2.21. The molecule has 0 aliphatic carbocycles. The van der Waals surface area contributed by atoms with Gasteiger partial charge in [0.05, 0.1) is 21.9 Å². The van der Waals surface area contributed by atoms with Crippen LogP contribution in [0.15, 0.2) is 54.9 Å². The minimum atomic E-state index is -0.138. The van der Waals surface area contributed by atoms with E-state index in [0.717, 1.165) is 20.9 Å². The Morgan fingerprint density at radius 3 is 2.89 bits per heavy atom. The Labute approximate surface area is 165 Å². The van der Waals surface area contributed by atoms with Crippen LogP contribution in [-0.2, 0) is 4.79 Å². The molecule has 2 aromatic carbocycles. The van der Waals surface area contributed by atoms with E-state index < -0.39 is 0 Å². The van der Waals surface area contributed by atoms with E-state index in [1.165, 1.54) is 11.0 Å². The van der Waals surface area contributed by atoms with Gasteiger partial charge in [0.2, 0.25) is 0 Å². The zero-order chi connectivity index (χ0) is 19.5. The molecule has 8 nitrogen and oxygen atoms in total. The lowest BCUT2D eigenvalue weighted by Crippen LogP contribution is -2.33. The highest BCUT2D eigenvalue weighted by Crippen LogP contribution is 2.28. The van der Waals surface area contributed by atoms with Crippen molar-refractivity contribution in [1.82, 2.24) is 30.1 Å². The molecule has 28 heavy (non-hydrogen) atoms. The van der Waals surface area contributed by atoms with Crippen LogP contribution in [0, 0.1) is 0 Å². The van der Waals surface area contributed by atoms with E-state index in [-0.39, 0.29) is 18.6 Å². The van der Waals surface area contributed by atoms with Gasteiger partial charge < -0.3 is 9.64 Å². The molecule has 4 aromatic rings. The van der Waals surface area contributed by atoms with Crippen LogP contribution in [0.1, 0.15) is 18.0 Å². The number of carbonyl (C=O) groups is 1. The first-order valence-corrected chi connectivity index (χ1v) is 9.51. The summed E-state index contributed by atoms with van der Waals surface area (Å²) in [6.45, 7) is 1.90. The van der Waals surface area contributed by atoms with E-state index in [9.17, 15) is 4.79 Å². The van der Waals surface area contributed by atoms with Gasteiger partial charge in [-0.3, -0.25) is 4.79 Å². The molecule has 0 N–H and O–H groups in total. The van der Waals surface area contributed by atoms with Crippen molar-refractivity contribution in [3.63, 3.8) is 0 Å². The summed E-state index contributed by atoms with van der Waals surface area (Å²) < 4.78 is 8.32. The topological polar surface area (TPSA) is 86.0 Å². The number of carbonyl (C=O) groups excluding carboxylic acids is 1. The van der Waals surface area contributed by atoms with Gasteiger partial charge in [-0.15, -0.1) is 16.4 Å². The van der Waals surface area contributed by atoms with Crippen molar-refractivity contribution in [2.75, 3.05) is 13.7 Å². The van der Waals surface area contributed by atoms with Crippen molar-refractivity contribution >= 4 is 27.5 Å². The molecule has 0 unspecified atom stereocenters. The van der Waals surface area contributed by atoms with E-state index in [4.69, 9.17) is 4.74 Å². The first-order chi connectivity index (χ1) is 13.6. The van der Waals surface area contributed by atoms with Gasteiger partial charge >= 0.3 is 0 Å². The summed E-state index contributed by atoms with van der Waals surface area (Å²) in [6.07, 6.45) is 1.50. The normalized spacial score (nSPS) is 12.1. The zero-order valence-corrected chi connectivity index (χ0v) is 16.2. The second-order valence-electron chi connectivity index (χ2n) is 6.24. The van der Waals surface area contributed by atoms with E-state index in [2.05, 4.69) is 20.5 Å². The van der Waals surface area contributed by atoms with Crippen LogP contribution in [0.4, 0.5) is 0 Å². The van der Waals surface area contributed by atoms with E-state index in [0.29, 0.717) is 5.75 Å². The van der Waals surface area contributed by atoms with Crippen LogP contribution in [0.3, 0.4) is 0 Å². The molecule has 0 bridgehead atoms. The summed E-state index contributed by atoms with van der Waals surface area (Å²) in [4.78, 5) is 18.9. The fourth-order valence-corrected chi connectivity index (χ4v) is 3.76. The SMILES string of the molecule is C[C@H](c1nc2ccccc2s1)N(C)C(=O)COc1cccc(-n2cnnn2)c1. The molecule has 1 amide bonds. The minimum absolute atomic E-state index is 0.0647.